The van der Waals surface area contributed by atoms with Gasteiger partial charge in [-0.25, -0.2) is 4.39 Å². The third-order valence-electron chi connectivity index (χ3n) is 3.60. The Hall–Kier alpha value is -1.42. The molecule has 2 unspecified atom stereocenters. The van der Waals surface area contributed by atoms with Crippen LogP contribution in [0, 0.1) is 5.92 Å². The van der Waals surface area contributed by atoms with Crippen LogP contribution in [0.1, 0.15) is 24.9 Å². The van der Waals surface area contributed by atoms with Crippen molar-refractivity contribution in [3.8, 4) is 0 Å². The molecule has 0 aromatic heterocycles. The van der Waals surface area contributed by atoms with Crippen molar-refractivity contribution in [2.75, 3.05) is 26.3 Å². The summed E-state index contributed by atoms with van der Waals surface area (Å²) in [6.07, 6.45) is 1.21. The van der Waals surface area contributed by atoms with E-state index in [2.05, 4.69) is 10.2 Å². The van der Waals surface area contributed by atoms with Gasteiger partial charge in [0, 0.05) is 12.5 Å². The number of carbonyl (C=O) groups is 1. The highest BCUT2D eigenvalue weighted by atomic mass is 19.1. The van der Waals surface area contributed by atoms with E-state index >= 15 is 0 Å². The topological polar surface area (TPSA) is 32.3 Å². The number of rotatable bonds is 6. The molecule has 1 aliphatic heterocycles. The lowest BCUT2D eigenvalue weighted by Gasteiger charge is -2.33. The Morgan fingerprint density at radius 2 is 2.05 bits per heavy atom. The highest BCUT2D eigenvalue weighted by Gasteiger charge is 2.23. The predicted molar refractivity (Wildman–Crippen MR) is 73.5 cm³/mol. The highest BCUT2D eigenvalue weighted by molar-refractivity contribution is 5.79. The van der Waals surface area contributed by atoms with E-state index < -0.39 is 12.7 Å². The first-order valence-electron chi connectivity index (χ1n) is 6.84. The predicted octanol–water partition coefficient (Wildman–Crippen LogP) is 2.16. The molecule has 1 aromatic carbocycles. The molecule has 3 nitrogen and oxygen atoms in total. The maximum Gasteiger partial charge on any atom is 0.224 e. The lowest BCUT2D eigenvalue weighted by Crippen LogP contribution is -2.44. The molecule has 19 heavy (non-hydrogen) atoms. The van der Waals surface area contributed by atoms with E-state index in [1.807, 2.05) is 37.3 Å². The quantitative estimate of drug-likeness (QED) is 0.854. The molecule has 1 aromatic rings. The first kappa shape index (κ1) is 14.0. The standard InChI is InChI=1S/C15H21FN2O/c1-12(11-18-8-5-9-18)15(19)17-14(10-16)13-6-3-2-4-7-13/h2-4,6-7,12,14H,5,8-11H2,1H3,(H,17,19). The molecular formula is C15H21FN2O. The molecular weight excluding hydrogens is 243 g/mol. The first-order valence-corrected chi connectivity index (χ1v) is 6.84. The van der Waals surface area contributed by atoms with Crippen LogP contribution < -0.4 is 5.32 Å². The average molecular weight is 264 g/mol. The summed E-state index contributed by atoms with van der Waals surface area (Å²) in [5.41, 5.74) is 0.814. The molecule has 1 heterocycles. The maximum absolute atomic E-state index is 13.1. The Balaban J connectivity index is 1.88. The molecule has 1 N–H and O–H groups in total. The fourth-order valence-corrected chi connectivity index (χ4v) is 2.24. The molecule has 2 rings (SSSR count). The summed E-state index contributed by atoms with van der Waals surface area (Å²) in [6.45, 7) is 4.23. The van der Waals surface area contributed by atoms with E-state index in [-0.39, 0.29) is 11.8 Å². The molecule has 104 valence electrons. The number of hydrogen-bond donors (Lipinski definition) is 1. The van der Waals surface area contributed by atoms with E-state index in [1.165, 1.54) is 6.42 Å². The Morgan fingerprint density at radius 1 is 1.37 bits per heavy atom. The van der Waals surface area contributed by atoms with Crippen molar-refractivity contribution in [1.82, 2.24) is 10.2 Å². The van der Waals surface area contributed by atoms with Gasteiger partial charge in [0.05, 0.1) is 6.04 Å². The van der Waals surface area contributed by atoms with Gasteiger partial charge in [-0.3, -0.25) is 4.79 Å². The molecule has 0 bridgehead atoms. The summed E-state index contributed by atoms with van der Waals surface area (Å²) in [7, 11) is 0. The third kappa shape index (κ3) is 3.77. The van der Waals surface area contributed by atoms with Crippen LogP contribution in [-0.2, 0) is 4.79 Å². The lowest BCUT2D eigenvalue weighted by atomic mass is 10.0. The molecule has 1 fully saturated rings. The minimum absolute atomic E-state index is 0.0709. The fraction of sp³-hybridized carbons (Fsp3) is 0.533. The third-order valence-corrected chi connectivity index (χ3v) is 3.60. The summed E-state index contributed by atoms with van der Waals surface area (Å²) >= 11 is 0. The summed E-state index contributed by atoms with van der Waals surface area (Å²) in [6, 6.07) is 8.73. The van der Waals surface area contributed by atoms with Gasteiger partial charge in [0.25, 0.3) is 0 Å². The molecule has 0 saturated carbocycles. The molecule has 0 spiro atoms. The molecule has 0 radical (unpaired) electrons. The minimum Gasteiger partial charge on any atom is -0.346 e. The molecule has 1 amide bonds. The summed E-state index contributed by atoms with van der Waals surface area (Å²) in [5.74, 6) is -0.170. The zero-order valence-corrected chi connectivity index (χ0v) is 11.3. The average Bonchev–Trinajstić information content (AvgIpc) is 2.40. The van der Waals surface area contributed by atoms with Crippen molar-refractivity contribution >= 4 is 5.91 Å². The van der Waals surface area contributed by atoms with Crippen molar-refractivity contribution in [1.29, 1.82) is 0 Å². The number of amides is 1. The normalized spacial score (nSPS) is 18.4. The van der Waals surface area contributed by atoms with Gasteiger partial charge in [-0.2, -0.15) is 0 Å². The molecule has 1 aliphatic rings. The Labute approximate surface area is 113 Å². The molecule has 0 aliphatic carbocycles. The maximum atomic E-state index is 13.1. The zero-order valence-electron chi connectivity index (χ0n) is 11.3. The van der Waals surface area contributed by atoms with Crippen LogP contribution in [0.5, 0.6) is 0 Å². The van der Waals surface area contributed by atoms with Gasteiger partial charge in [-0.05, 0) is 25.1 Å². The number of alkyl halides is 1. The molecule has 1 saturated heterocycles. The van der Waals surface area contributed by atoms with Crippen molar-refractivity contribution in [3.63, 3.8) is 0 Å². The van der Waals surface area contributed by atoms with Crippen LogP contribution in [0.4, 0.5) is 4.39 Å². The largest absolute Gasteiger partial charge is 0.346 e. The lowest BCUT2D eigenvalue weighted by molar-refractivity contribution is -0.126. The summed E-state index contributed by atoms with van der Waals surface area (Å²) in [5, 5.41) is 2.80. The number of halogens is 1. The van der Waals surface area contributed by atoms with Crippen molar-refractivity contribution in [2.24, 2.45) is 5.92 Å². The van der Waals surface area contributed by atoms with Gasteiger partial charge in [-0.1, -0.05) is 37.3 Å². The van der Waals surface area contributed by atoms with Crippen LogP contribution in [0.2, 0.25) is 0 Å². The van der Waals surface area contributed by atoms with Crippen molar-refractivity contribution in [2.45, 2.75) is 19.4 Å². The van der Waals surface area contributed by atoms with Gasteiger partial charge in [0.1, 0.15) is 6.67 Å². The Bertz CT molecular complexity index is 406. The van der Waals surface area contributed by atoms with E-state index in [1.54, 1.807) is 0 Å². The number of benzene rings is 1. The number of likely N-dealkylation sites (tertiary alicyclic amines) is 1. The van der Waals surface area contributed by atoms with Crippen LogP contribution in [-0.4, -0.2) is 37.1 Å². The Kier molecular flexibility index (Phi) is 4.91. The van der Waals surface area contributed by atoms with Crippen LogP contribution in [0.3, 0.4) is 0 Å². The molecule has 2 atom stereocenters. The molecule has 4 heteroatoms. The van der Waals surface area contributed by atoms with Crippen LogP contribution in [0.25, 0.3) is 0 Å². The first-order chi connectivity index (χ1) is 9.20. The van der Waals surface area contributed by atoms with E-state index in [0.29, 0.717) is 0 Å². The number of nitrogens with zero attached hydrogens (tertiary/aromatic N) is 1. The number of carbonyl (C=O) groups excluding carboxylic acids is 1. The SMILES string of the molecule is CC(CN1CCC1)C(=O)NC(CF)c1ccccc1. The smallest absolute Gasteiger partial charge is 0.224 e. The van der Waals surface area contributed by atoms with Gasteiger partial charge >= 0.3 is 0 Å². The summed E-state index contributed by atoms with van der Waals surface area (Å²) in [4.78, 5) is 14.3. The van der Waals surface area contributed by atoms with Gasteiger partial charge in [-0.15, -0.1) is 0 Å². The monoisotopic (exact) mass is 264 g/mol. The van der Waals surface area contributed by atoms with Crippen LogP contribution in [0.15, 0.2) is 30.3 Å². The number of hydrogen-bond acceptors (Lipinski definition) is 2. The summed E-state index contributed by atoms with van der Waals surface area (Å²) < 4.78 is 13.1. The highest BCUT2D eigenvalue weighted by Crippen LogP contribution is 2.15. The second-order valence-corrected chi connectivity index (χ2v) is 5.18. The van der Waals surface area contributed by atoms with Gasteiger partial charge in [0.15, 0.2) is 0 Å². The Morgan fingerprint density at radius 3 is 2.58 bits per heavy atom. The van der Waals surface area contributed by atoms with Gasteiger partial charge in [0.2, 0.25) is 5.91 Å². The van der Waals surface area contributed by atoms with E-state index in [0.717, 1.165) is 25.2 Å². The van der Waals surface area contributed by atoms with Crippen molar-refractivity contribution < 1.29 is 9.18 Å². The second-order valence-electron chi connectivity index (χ2n) is 5.18. The second kappa shape index (κ2) is 6.66. The minimum atomic E-state index is -0.577. The van der Waals surface area contributed by atoms with Crippen LogP contribution >= 0.6 is 0 Å². The number of nitrogens with one attached hydrogen (secondary N) is 1. The van der Waals surface area contributed by atoms with E-state index in [4.69, 9.17) is 0 Å². The van der Waals surface area contributed by atoms with Gasteiger partial charge < -0.3 is 10.2 Å². The fourth-order valence-electron chi connectivity index (χ4n) is 2.24. The van der Waals surface area contributed by atoms with E-state index in [9.17, 15) is 9.18 Å². The zero-order chi connectivity index (χ0) is 13.7. The van der Waals surface area contributed by atoms with Crippen molar-refractivity contribution in [3.05, 3.63) is 35.9 Å².